The molecule has 0 aliphatic rings. The van der Waals surface area contributed by atoms with Crippen molar-refractivity contribution in [3.8, 4) is 11.3 Å². The maximum Gasteiger partial charge on any atom is 0.367 e. The van der Waals surface area contributed by atoms with Crippen molar-refractivity contribution in [1.82, 2.24) is 4.98 Å². The van der Waals surface area contributed by atoms with Gasteiger partial charge in [0.2, 0.25) is 5.01 Å². The van der Waals surface area contributed by atoms with Crippen LogP contribution in [0.25, 0.3) is 11.3 Å². The van der Waals surface area contributed by atoms with E-state index in [9.17, 15) is 4.79 Å². The van der Waals surface area contributed by atoms with E-state index in [1.807, 2.05) is 30.3 Å². The number of thiazole rings is 1. The van der Waals surface area contributed by atoms with Crippen molar-refractivity contribution in [2.75, 3.05) is 7.11 Å². The second-order valence-corrected chi connectivity index (χ2v) is 6.30. The standard InChI is InChI=1S/C15H17NO2S/c1-15(2,3)12-11(10-8-6-5-7-9-10)16-13(19-12)14(17)18-4/h5-9H,1-4H3. The maximum absolute atomic E-state index is 11.7. The number of benzene rings is 1. The highest BCUT2D eigenvalue weighted by molar-refractivity contribution is 7.14. The van der Waals surface area contributed by atoms with Gasteiger partial charge in [-0.2, -0.15) is 0 Å². The second kappa shape index (κ2) is 5.13. The number of nitrogens with zero attached hydrogens (tertiary/aromatic N) is 1. The molecule has 0 saturated carbocycles. The molecule has 19 heavy (non-hydrogen) atoms. The van der Waals surface area contributed by atoms with Crippen molar-refractivity contribution < 1.29 is 9.53 Å². The molecule has 0 unspecified atom stereocenters. The summed E-state index contributed by atoms with van der Waals surface area (Å²) in [5, 5.41) is 0.409. The lowest BCUT2D eigenvalue weighted by Crippen LogP contribution is -2.10. The molecular weight excluding hydrogens is 258 g/mol. The quantitative estimate of drug-likeness (QED) is 0.780. The molecule has 0 radical (unpaired) electrons. The summed E-state index contributed by atoms with van der Waals surface area (Å²) in [6.07, 6.45) is 0. The van der Waals surface area contributed by atoms with E-state index in [-0.39, 0.29) is 11.4 Å². The minimum Gasteiger partial charge on any atom is -0.464 e. The molecule has 0 saturated heterocycles. The maximum atomic E-state index is 11.7. The zero-order valence-electron chi connectivity index (χ0n) is 11.6. The molecule has 2 aromatic rings. The summed E-state index contributed by atoms with van der Waals surface area (Å²) in [6, 6.07) is 9.92. The molecule has 0 aliphatic heterocycles. The van der Waals surface area contributed by atoms with Crippen LogP contribution in [0.4, 0.5) is 0 Å². The van der Waals surface area contributed by atoms with Crippen molar-refractivity contribution in [3.05, 3.63) is 40.2 Å². The van der Waals surface area contributed by atoms with E-state index in [2.05, 4.69) is 25.8 Å². The first kappa shape index (κ1) is 13.7. The smallest absolute Gasteiger partial charge is 0.367 e. The molecule has 1 aromatic heterocycles. The van der Waals surface area contributed by atoms with Gasteiger partial charge >= 0.3 is 5.97 Å². The van der Waals surface area contributed by atoms with Gasteiger partial charge in [-0.05, 0) is 5.41 Å². The third-order valence-corrected chi connectivity index (χ3v) is 4.18. The first-order chi connectivity index (χ1) is 8.93. The molecule has 0 aliphatic carbocycles. The van der Waals surface area contributed by atoms with Gasteiger partial charge in [-0.1, -0.05) is 51.1 Å². The molecule has 0 fully saturated rings. The zero-order chi connectivity index (χ0) is 14.0. The van der Waals surface area contributed by atoms with Crippen LogP contribution in [-0.2, 0) is 10.2 Å². The molecule has 3 nitrogen and oxygen atoms in total. The number of hydrogen-bond acceptors (Lipinski definition) is 4. The van der Waals surface area contributed by atoms with Gasteiger partial charge in [0.05, 0.1) is 12.8 Å². The lowest BCUT2D eigenvalue weighted by Gasteiger charge is -2.17. The van der Waals surface area contributed by atoms with Crippen molar-refractivity contribution in [2.24, 2.45) is 0 Å². The Morgan fingerprint density at radius 3 is 2.37 bits per heavy atom. The molecular formula is C15H17NO2S. The summed E-state index contributed by atoms with van der Waals surface area (Å²) in [4.78, 5) is 17.2. The van der Waals surface area contributed by atoms with Gasteiger partial charge in [0.1, 0.15) is 0 Å². The predicted molar refractivity (Wildman–Crippen MR) is 77.6 cm³/mol. The number of esters is 1. The number of carbonyl (C=O) groups excluding carboxylic acids is 1. The minimum atomic E-state index is -0.377. The molecule has 100 valence electrons. The Hall–Kier alpha value is -1.68. The molecule has 4 heteroatoms. The Bertz CT molecular complexity index is 582. The van der Waals surface area contributed by atoms with Crippen LogP contribution in [0.2, 0.25) is 0 Å². The normalized spacial score (nSPS) is 11.4. The Labute approximate surface area is 117 Å². The third-order valence-electron chi connectivity index (χ3n) is 2.72. The topological polar surface area (TPSA) is 39.2 Å². The Kier molecular flexibility index (Phi) is 3.71. The highest BCUT2D eigenvalue weighted by Crippen LogP contribution is 2.37. The first-order valence-corrected chi connectivity index (χ1v) is 6.90. The average Bonchev–Trinajstić information content (AvgIpc) is 2.84. The number of rotatable bonds is 2. The van der Waals surface area contributed by atoms with Crippen molar-refractivity contribution in [3.63, 3.8) is 0 Å². The SMILES string of the molecule is COC(=O)c1nc(-c2ccccc2)c(C(C)(C)C)s1. The molecule has 1 aromatic carbocycles. The largest absolute Gasteiger partial charge is 0.464 e. The van der Waals surface area contributed by atoms with Crippen LogP contribution in [0.1, 0.15) is 35.5 Å². The average molecular weight is 275 g/mol. The fraction of sp³-hybridized carbons (Fsp3) is 0.333. The summed E-state index contributed by atoms with van der Waals surface area (Å²) >= 11 is 1.41. The molecule has 2 rings (SSSR count). The fourth-order valence-electron chi connectivity index (χ4n) is 1.79. The van der Waals surface area contributed by atoms with Crippen molar-refractivity contribution in [1.29, 1.82) is 0 Å². The second-order valence-electron chi connectivity index (χ2n) is 5.30. The Morgan fingerprint density at radius 2 is 1.84 bits per heavy atom. The highest BCUT2D eigenvalue weighted by atomic mass is 32.1. The van der Waals surface area contributed by atoms with E-state index in [0.29, 0.717) is 5.01 Å². The van der Waals surface area contributed by atoms with Crippen LogP contribution in [0.15, 0.2) is 30.3 Å². The number of aromatic nitrogens is 1. The molecule has 0 amide bonds. The van der Waals surface area contributed by atoms with E-state index in [1.54, 1.807) is 0 Å². The van der Waals surface area contributed by atoms with Crippen LogP contribution in [0, 0.1) is 0 Å². The van der Waals surface area contributed by atoms with Gasteiger partial charge in [0.15, 0.2) is 0 Å². The molecule has 0 N–H and O–H groups in total. The van der Waals surface area contributed by atoms with Crippen molar-refractivity contribution >= 4 is 17.3 Å². The van der Waals surface area contributed by atoms with Gasteiger partial charge in [0.25, 0.3) is 0 Å². The van der Waals surface area contributed by atoms with E-state index >= 15 is 0 Å². The summed E-state index contributed by atoms with van der Waals surface area (Å²) < 4.78 is 4.76. The van der Waals surface area contributed by atoms with Crippen LogP contribution in [-0.4, -0.2) is 18.1 Å². The first-order valence-electron chi connectivity index (χ1n) is 6.08. The summed E-state index contributed by atoms with van der Waals surface area (Å²) in [5.74, 6) is -0.377. The lowest BCUT2D eigenvalue weighted by molar-refractivity contribution is 0.0600. The van der Waals surface area contributed by atoms with E-state index in [0.717, 1.165) is 16.1 Å². The molecule has 0 bridgehead atoms. The van der Waals surface area contributed by atoms with Crippen LogP contribution in [0.5, 0.6) is 0 Å². The van der Waals surface area contributed by atoms with E-state index < -0.39 is 0 Å². The summed E-state index contributed by atoms with van der Waals surface area (Å²) in [7, 11) is 1.38. The number of carbonyl (C=O) groups is 1. The highest BCUT2D eigenvalue weighted by Gasteiger charge is 2.26. The lowest BCUT2D eigenvalue weighted by atomic mass is 9.91. The van der Waals surface area contributed by atoms with Gasteiger partial charge < -0.3 is 4.74 Å². The third kappa shape index (κ3) is 2.84. The van der Waals surface area contributed by atoms with E-state index in [1.165, 1.54) is 18.4 Å². The molecule has 0 spiro atoms. The van der Waals surface area contributed by atoms with Gasteiger partial charge in [0, 0.05) is 10.4 Å². The zero-order valence-corrected chi connectivity index (χ0v) is 12.4. The number of hydrogen-bond donors (Lipinski definition) is 0. The molecule has 1 heterocycles. The number of ether oxygens (including phenoxy) is 1. The summed E-state index contributed by atoms with van der Waals surface area (Å²) in [5.41, 5.74) is 1.84. The van der Waals surface area contributed by atoms with Gasteiger partial charge in [-0.25, -0.2) is 9.78 Å². The number of methoxy groups -OCH3 is 1. The van der Waals surface area contributed by atoms with Gasteiger partial charge in [-0.15, -0.1) is 11.3 Å². The van der Waals surface area contributed by atoms with Crippen LogP contribution in [0.3, 0.4) is 0 Å². The Morgan fingerprint density at radius 1 is 1.21 bits per heavy atom. The minimum absolute atomic E-state index is 0.0604. The summed E-state index contributed by atoms with van der Waals surface area (Å²) in [6.45, 7) is 6.36. The van der Waals surface area contributed by atoms with Gasteiger partial charge in [-0.3, -0.25) is 0 Å². The molecule has 0 atom stereocenters. The Balaban J connectivity index is 2.59. The van der Waals surface area contributed by atoms with E-state index in [4.69, 9.17) is 4.74 Å². The predicted octanol–water partition coefficient (Wildman–Crippen LogP) is 3.89. The fourth-order valence-corrected chi connectivity index (χ4v) is 2.86. The monoisotopic (exact) mass is 275 g/mol. The van der Waals surface area contributed by atoms with Crippen molar-refractivity contribution in [2.45, 2.75) is 26.2 Å². The van der Waals surface area contributed by atoms with Crippen LogP contribution < -0.4 is 0 Å². The van der Waals surface area contributed by atoms with Crippen LogP contribution >= 0.6 is 11.3 Å².